The number of nitrogens with zero attached hydrogens (tertiary/aromatic N) is 3. The molecule has 0 radical (unpaired) electrons. The molecule has 0 saturated heterocycles. The van der Waals surface area contributed by atoms with E-state index in [0.29, 0.717) is 21.5 Å². The Morgan fingerprint density at radius 3 is 2.59 bits per heavy atom. The molecule has 3 rings (SSSR count). The molecule has 114 valence electrons. The zero-order valence-corrected chi connectivity index (χ0v) is 13.9. The van der Waals surface area contributed by atoms with Crippen LogP contribution < -0.4 is 0 Å². The molecule has 0 unspecified atom stereocenters. The van der Waals surface area contributed by atoms with Crippen LogP contribution >= 0.6 is 23.8 Å². The van der Waals surface area contributed by atoms with Gasteiger partial charge in [-0.15, -0.1) is 0 Å². The third kappa shape index (κ3) is 2.98. The van der Waals surface area contributed by atoms with Crippen molar-refractivity contribution in [3.63, 3.8) is 0 Å². The lowest BCUT2D eigenvalue weighted by molar-refractivity contribution is 0.633. The van der Waals surface area contributed by atoms with E-state index in [1.807, 2.05) is 34.9 Å². The van der Waals surface area contributed by atoms with Gasteiger partial charge in [0.05, 0.1) is 5.69 Å². The van der Waals surface area contributed by atoms with E-state index in [2.05, 4.69) is 34.2 Å². The Hall–Kier alpha value is -1.92. The Morgan fingerprint density at radius 1 is 1.18 bits per heavy atom. The molecule has 2 N–H and O–H groups in total. The molecule has 0 bridgehead atoms. The Labute approximate surface area is 138 Å². The SMILES string of the molecule is CC(C)Cc1cc(-c2n[nH]c(=S)n2-c2ccc(Cl)cc2)n[nH]1. The van der Waals surface area contributed by atoms with Gasteiger partial charge in [-0.1, -0.05) is 25.4 Å². The molecule has 22 heavy (non-hydrogen) atoms. The van der Waals surface area contributed by atoms with Crippen LogP contribution in [0.2, 0.25) is 5.02 Å². The smallest absolute Gasteiger partial charge is 0.200 e. The Balaban J connectivity index is 2.04. The number of halogens is 1. The van der Waals surface area contributed by atoms with Gasteiger partial charge in [0.15, 0.2) is 10.6 Å². The summed E-state index contributed by atoms with van der Waals surface area (Å²) in [5.74, 6) is 1.24. The number of hydrogen-bond acceptors (Lipinski definition) is 3. The molecule has 3 aromatic rings. The molecular weight excluding hydrogens is 318 g/mol. The summed E-state index contributed by atoms with van der Waals surface area (Å²) in [4.78, 5) is 0. The highest BCUT2D eigenvalue weighted by molar-refractivity contribution is 7.71. The van der Waals surface area contributed by atoms with Crippen molar-refractivity contribution in [1.82, 2.24) is 25.0 Å². The van der Waals surface area contributed by atoms with Gasteiger partial charge in [0.2, 0.25) is 0 Å². The van der Waals surface area contributed by atoms with Crippen molar-refractivity contribution in [2.75, 3.05) is 0 Å². The lowest BCUT2D eigenvalue weighted by atomic mass is 10.1. The second-order valence-corrected chi connectivity index (χ2v) is 6.36. The molecule has 5 nitrogen and oxygen atoms in total. The van der Waals surface area contributed by atoms with Gasteiger partial charge in [-0.3, -0.25) is 14.8 Å². The van der Waals surface area contributed by atoms with Crippen molar-refractivity contribution in [1.29, 1.82) is 0 Å². The van der Waals surface area contributed by atoms with Crippen LogP contribution in [-0.2, 0) is 6.42 Å². The van der Waals surface area contributed by atoms with Crippen molar-refractivity contribution in [2.24, 2.45) is 5.92 Å². The molecule has 0 aliphatic heterocycles. The molecule has 0 fully saturated rings. The minimum atomic E-state index is 0.519. The molecule has 0 spiro atoms. The van der Waals surface area contributed by atoms with Gasteiger partial charge in [-0.2, -0.15) is 10.2 Å². The van der Waals surface area contributed by atoms with Gasteiger partial charge >= 0.3 is 0 Å². The van der Waals surface area contributed by atoms with Gasteiger partial charge in [0.1, 0.15) is 5.69 Å². The van der Waals surface area contributed by atoms with E-state index in [1.165, 1.54) is 0 Å². The Kier molecular flexibility index (Phi) is 4.13. The molecule has 0 aliphatic rings. The van der Waals surface area contributed by atoms with Crippen molar-refractivity contribution >= 4 is 23.8 Å². The number of hydrogen-bond donors (Lipinski definition) is 2. The van der Waals surface area contributed by atoms with Crippen molar-refractivity contribution in [2.45, 2.75) is 20.3 Å². The van der Waals surface area contributed by atoms with Crippen molar-refractivity contribution in [3.05, 3.63) is 45.8 Å². The summed E-state index contributed by atoms with van der Waals surface area (Å²) < 4.78 is 2.37. The number of rotatable bonds is 4. The first kappa shape index (κ1) is 15.0. The highest BCUT2D eigenvalue weighted by Crippen LogP contribution is 2.22. The number of aromatic amines is 2. The minimum Gasteiger partial charge on any atom is -0.282 e. The van der Waals surface area contributed by atoms with Gasteiger partial charge < -0.3 is 0 Å². The van der Waals surface area contributed by atoms with E-state index in [4.69, 9.17) is 23.8 Å². The van der Waals surface area contributed by atoms with E-state index in [-0.39, 0.29) is 0 Å². The van der Waals surface area contributed by atoms with E-state index < -0.39 is 0 Å². The molecule has 7 heteroatoms. The van der Waals surface area contributed by atoms with Crippen LogP contribution in [0, 0.1) is 10.7 Å². The van der Waals surface area contributed by atoms with Crippen LogP contribution in [0.5, 0.6) is 0 Å². The predicted molar refractivity (Wildman–Crippen MR) is 89.9 cm³/mol. The first-order valence-electron chi connectivity index (χ1n) is 7.02. The maximum absolute atomic E-state index is 5.95. The molecule has 0 aliphatic carbocycles. The van der Waals surface area contributed by atoms with Gasteiger partial charge in [-0.05, 0) is 54.9 Å². The fourth-order valence-electron chi connectivity index (χ4n) is 2.32. The van der Waals surface area contributed by atoms with Crippen LogP contribution in [-0.4, -0.2) is 25.0 Å². The molecule has 0 atom stereocenters. The largest absolute Gasteiger partial charge is 0.282 e. The van der Waals surface area contributed by atoms with Crippen LogP contribution in [0.4, 0.5) is 0 Å². The number of nitrogens with one attached hydrogen (secondary N) is 2. The zero-order chi connectivity index (χ0) is 15.7. The average molecular weight is 334 g/mol. The second kappa shape index (κ2) is 6.06. The summed E-state index contributed by atoms with van der Waals surface area (Å²) in [5, 5.41) is 15.2. The van der Waals surface area contributed by atoms with E-state index >= 15 is 0 Å². The fourth-order valence-corrected chi connectivity index (χ4v) is 2.68. The summed E-state index contributed by atoms with van der Waals surface area (Å²) in [5.41, 5.74) is 2.74. The first-order chi connectivity index (χ1) is 10.5. The van der Waals surface area contributed by atoms with E-state index in [1.54, 1.807) is 0 Å². The summed E-state index contributed by atoms with van der Waals surface area (Å²) in [6, 6.07) is 9.46. The molecule has 2 heterocycles. The molecular formula is C15H16ClN5S. The highest BCUT2D eigenvalue weighted by atomic mass is 35.5. The standard InChI is InChI=1S/C15H16ClN5S/c1-9(2)7-11-8-13(18-17-11)14-19-20-15(22)21(14)12-5-3-10(16)4-6-12/h3-6,8-9H,7H2,1-2H3,(H,17,18)(H,20,22). The van der Waals surface area contributed by atoms with Crippen LogP contribution in [0.15, 0.2) is 30.3 Å². The lowest BCUT2D eigenvalue weighted by Crippen LogP contribution is -1.97. The Bertz CT molecular complexity index is 828. The third-order valence-corrected chi connectivity index (χ3v) is 3.77. The van der Waals surface area contributed by atoms with Gasteiger partial charge in [0.25, 0.3) is 0 Å². The fraction of sp³-hybridized carbons (Fsp3) is 0.267. The van der Waals surface area contributed by atoms with Gasteiger partial charge in [0, 0.05) is 10.7 Å². The van der Waals surface area contributed by atoms with E-state index in [0.717, 1.165) is 23.5 Å². The number of H-pyrrole nitrogens is 2. The van der Waals surface area contributed by atoms with E-state index in [9.17, 15) is 0 Å². The van der Waals surface area contributed by atoms with Crippen LogP contribution in [0.25, 0.3) is 17.2 Å². The predicted octanol–water partition coefficient (Wildman–Crippen LogP) is 4.17. The van der Waals surface area contributed by atoms with Gasteiger partial charge in [-0.25, -0.2) is 0 Å². The summed E-state index contributed by atoms with van der Waals surface area (Å²) in [7, 11) is 0. The summed E-state index contributed by atoms with van der Waals surface area (Å²) in [6.45, 7) is 4.34. The number of aromatic nitrogens is 5. The van der Waals surface area contributed by atoms with Crippen molar-refractivity contribution < 1.29 is 0 Å². The molecule has 0 amide bonds. The average Bonchev–Trinajstić information content (AvgIpc) is 3.06. The zero-order valence-electron chi connectivity index (χ0n) is 12.3. The quantitative estimate of drug-likeness (QED) is 0.704. The normalized spacial score (nSPS) is 11.3. The topological polar surface area (TPSA) is 62.3 Å². The molecule has 0 saturated carbocycles. The monoisotopic (exact) mass is 333 g/mol. The molecule has 1 aromatic carbocycles. The lowest BCUT2D eigenvalue weighted by Gasteiger charge is -2.05. The molecule has 2 aromatic heterocycles. The van der Waals surface area contributed by atoms with Crippen molar-refractivity contribution in [3.8, 4) is 17.2 Å². The number of benzene rings is 1. The highest BCUT2D eigenvalue weighted by Gasteiger charge is 2.14. The summed E-state index contributed by atoms with van der Waals surface area (Å²) >= 11 is 11.3. The second-order valence-electron chi connectivity index (χ2n) is 5.54. The van der Waals surface area contributed by atoms with Crippen LogP contribution in [0.3, 0.4) is 0 Å². The minimum absolute atomic E-state index is 0.519. The first-order valence-corrected chi connectivity index (χ1v) is 7.81. The third-order valence-electron chi connectivity index (χ3n) is 3.25. The maximum atomic E-state index is 5.95. The summed E-state index contributed by atoms with van der Waals surface area (Å²) in [6.07, 6.45) is 0.944. The van der Waals surface area contributed by atoms with Crippen LogP contribution in [0.1, 0.15) is 19.5 Å². The Morgan fingerprint density at radius 2 is 1.91 bits per heavy atom. The maximum Gasteiger partial charge on any atom is 0.200 e.